The third kappa shape index (κ3) is 6.14. The van der Waals surface area contributed by atoms with E-state index in [1.54, 1.807) is 38.5 Å². The van der Waals surface area contributed by atoms with Gasteiger partial charge in [0, 0.05) is 38.6 Å². The fourth-order valence-electron chi connectivity index (χ4n) is 4.31. The van der Waals surface area contributed by atoms with Gasteiger partial charge in [0.15, 0.2) is 5.82 Å². The zero-order valence-electron chi connectivity index (χ0n) is 19.9. The van der Waals surface area contributed by atoms with Gasteiger partial charge in [-0.3, -0.25) is 4.90 Å². The molecule has 0 spiro atoms. The third-order valence-electron chi connectivity index (χ3n) is 5.90. The van der Waals surface area contributed by atoms with Crippen LogP contribution in [0, 0.1) is 0 Å². The molecule has 4 rings (SSSR count). The average molecular weight is 490 g/mol. The number of carbonyl (C=O) groups is 1. The highest BCUT2D eigenvalue weighted by Crippen LogP contribution is 2.30. The molecule has 3 heterocycles. The molecular formula is C23H31N5O7. The van der Waals surface area contributed by atoms with E-state index in [9.17, 15) is 15.0 Å². The summed E-state index contributed by atoms with van der Waals surface area (Å²) in [6.45, 7) is 1.67. The van der Waals surface area contributed by atoms with Gasteiger partial charge in [-0.2, -0.15) is 15.0 Å². The van der Waals surface area contributed by atoms with Crippen LogP contribution in [-0.4, -0.2) is 103 Å². The predicted molar refractivity (Wildman–Crippen MR) is 126 cm³/mol. The maximum Gasteiger partial charge on any atom is 0.411 e. The number of morpholine rings is 1. The summed E-state index contributed by atoms with van der Waals surface area (Å²) >= 11 is 0. The van der Waals surface area contributed by atoms with Crippen LogP contribution < -0.4 is 14.5 Å². The van der Waals surface area contributed by atoms with Gasteiger partial charge in [-0.05, 0) is 37.1 Å². The van der Waals surface area contributed by atoms with Crippen LogP contribution in [0.1, 0.15) is 12.8 Å². The summed E-state index contributed by atoms with van der Waals surface area (Å²) in [5, 5.41) is 18.6. The number of aromatic nitrogens is 3. The minimum atomic E-state index is -1.14. The van der Waals surface area contributed by atoms with Crippen LogP contribution in [-0.2, 0) is 14.2 Å². The molecule has 2 aliphatic rings. The van der Waals surface area contributed by atoms with Crippen molar-refractivity contribution in [3.05, 3.63) is 24.3 Å². The molecule has 0 radical (unpaired) electrons. The molecule has 1 amide bonds. The molecule has 2 unspecified atom stereocenters. The molecule has 2 aromatic rings. The smallest absolute Gasteiger partial charge is 0.411 e. The van der Waals surface area contributed by atoms with Crippen LogP contribution in [0.3, 0.4) is 0 Å². The molecule has 2 atom stereocenters. The second-order valence-corrected chi connectivity index (χ2v) is 8.46. The Kier molecular flexibility index (Phi) is 8.29. The fraction of sp³-hybridized carbons (Fsp3) is 0.565. The van der Waals surface area contributed by atoms with Gasteiger partial charge in [0.2, 0.25) is 5.95 Å². The van der Waals surface area contributed by atoms with E-state index >= 15 is 0 Å². The van der Waals surface area contributed by atoms with Crippen molar-refractivity contribution in [1.29, 1.82) is 0 Å². The monoisotopic (exact) mass is 489 g/mol. The summed E-state index contributed by atoms with van der Waals surface area (Å²) < 4.78 is 22.4. The maximum absolute atomic E-state index is 11.5. The van der Waals surface area contributed by atoms with Gasteiger partial charge in [-0.1, -0.05) is 0 Å². The fourth-order valence-corrected chi connectivity index (χ4v) is 4.31. The molecule has 1 aromatic carbocycles. The Morgan fingerprint density at radius 3 is 2.34 bits per heavy atom. The topological polar surface area (TPSA) is 140 Å². The Balaban J connectivity index is 1.65. The number of hydrogen-bond donors (Lipinski definition) is 2. The van der Waals surface area contributed by atoms with Gasteiger partial charge in [-0.25, -0.2) is 4.79 Å². The number of ether oxygens (including phenoxy) is 4. The van der Waals surface area contributed by atoms with Crippen molar-refractivity contribution in [2.24, 2.45) is 0 Å². The standard InChI is InChI=1S/C23H31N5O7/c1-32-13-19(14-33-2)35-22-25-20(15-3-5-16(6-4-15)28(9-10-29)23(30)31)24-21(26-22)27-11-17-7-8-18(12-27)34-17/h3-6,17-19,29H,7-14H2,1-2H3,(H,30,31). The lowest BCUT2D eigenvalue weighted by molar-refractivity contribution is 0.0190. The number of benzene rings is 1. The highest BCUT2D eigenvalue weighted by Gasteiger charge is 2.35. The molecule has 2 N–H and O–H groups in total. The molecule has 2 fully saturated rings. The lowest BCUT2D eigenvalue weighted by Crippen LogP contribution is -2.43. The number of rotatable bonds is 11. The number of nitrogens with zero attached hydrogens (tertiary/aromatic N) is 5. The van der Waals surface area contributed by atoms with E-state index in [0.29, 0.717) is 49.3 Å². The first kappa shape index (κ1) is 25.0. The Morgan fingerprint density at radius 1 is 1.11 bits per heavy atom. The van der Waals surface area contributed by atoms with Crippen LogP contribution >= 0.6 is 0 Å². The lowest BCUT2D eigenvalue weighted by atomic mass is 10.2. The third-order valence-corrected chi connectivity index (χ3v) is 5.90. The molecule has 1 aromatic heterocycles. The summed E-state index contributed by atoms with van der Waals surface area (Å²) in [7, 11) is 3.16. The van der Waals surface area contributed by atoms with Crippen molar-refractivity contribution in [3.8, 4) is 17.4 Å². The average Bonchev–Trinajstić information content (AvgIpc) is 3.19. The van der Waals surface area contributed by atoms with Crippen molar-refractivity contribution in [1.82, 2.24) is 15.0 Å². The van der Waals surface area contributed by atoms with E-state index < -0.39 is 12.2 Å². The molecule has 35 heavy (non-hydrogen) atoms. The van der Waals surface area contributed by atoms with E-state index in [1.165, 1.54) is 0 Å². The summed E-state index contributed by atoms with van der Waals surface area (Å²) in [4.78, 5) is 28.5. The number of anilines is 2. The van der Waals surface area contributed by atoms with Crippen LogP contribution in [0.2, 0.25) is 0 Å². The van der Waals surface area contributed by atoms with E-state index in [-0.39, 0.29) is 31.4 Å². The van der Waals surface area contributed by atoms with Crippen molar-refractivity contribution >= 4 is 17.7 Å². The SMILES string of the molecule is COCC(COC)Oc1nc(-c2ccc(N(CCO)C(=O)O)cc2)nc(N2CC3CCC(C2)O3)n1. The number of aliphatic hydroxyl groups is 1. The summed E-state index contributed by atoms with van der Waals surface area (Å²) in [5.74, 6) is 0.892. The second kappa shape index (κ2) is 11.6. The first-order chi connectivity index (χ1) is 17.0. The number of fused-ring (bicyclic) bond motifs is 2. The number of amides is 1. The van der Waals surface area contributed by atoms with Gasteiger partial charge in [0.1, 0.15) is 6.10 Å². The zero-order chi connectivity index (χ0) is 24.8. The summed E-state index contributed by atoms with van der Waals surface area (Å²) in [6, 6.07) is 6.92. The van der Waals surface area contributed by atoms with Crippen LogP contribution in [0.15, 0.2) is 24.3 Å². The van der Waals surface area contributed by atoms with Crippen molar-refractivity contribution in [2.75, 3.05) is 63.5 Å². The molecule has 2 saturated heterocycles. The zero-order valence-corrected chi connectivity index (χ0v) is 19.9. The first-order valence-corrected chi connectivity index (χ1v) is 11.5. The van der Waals surface area contributed by atoms with Gasteiger partial charge >= 0.3 is 12.1 Å². The first-order valence-electron chi connectivity index (χ1n) is 11.5. The Hall–Kier alpha value is -3.06. The second-order valence-electron chi connectivity index (χ2n) is 8.46. The molecule has 2 bridgehead atoms. The molecule has 2 aliphatic heterocycles. The highest BCUT2D eigenvalue weighted by atomic mass is 16.6. The van der Waals surface area contributed by atoms with E-state index in [1.807, 2.05) is 0 Å². The molecule has 0 aliphatic carbocycles. The summed E-state index contributed by atoms with van der Waals surface area (Å²) in [6.07, 6.45) is 0.790. The summed E-state index contributed by atoms with van der Waals surface area (Å²) in [5.41, 5.74) is 1.11. The maximum atomic E-state index is 11.5. The normalized spacial score (nSPS) is 19.3. The molecule has 0 saturated carbocycles. The largest absolute Gasteiger partial charge is 0.465 e. The van der Waals surface area contributed by atoms with E-state index in [4.69, 9.17) is 23.9 Å². The van der Waals surface area contributed by atoms with E-state index in [2.05, 4.69) is 14.9 Å². The Bertz CT molecular complexity index is 975. The number of carboxylic acid groups (broad SMARTS) is 1. The van der Waals surface area contributed by atoms with E-state index in [0.717, 1.165) is 17.7 Å². The highest BCUT2D eigenvalue weighted by molar-refractivity contribution is 5.86. The van der Waals surface area contributed by atoms with Crippen LogP contribution in [0.4, 0.5) is 16.4 Å². The predicted octanol–water partition coefficient (Wildman–Crippen LogP) is 1.42. The minimum absolute atomic E-state index is 0.0255. The van der Waals surface area contributed by atoms with Gasteiger partial charge < -0.3 is 34.1 Å². The Morgan fingerprint density at radius 2 is 1.77 bits per heavy atom. The minimum Gasteiger partial charge on any atom is -0.465 e. The van der Waals surface area contributed by atoms with Gasteiger partial charge in [0.05, 0.1) is 38.6 Å². The molecule has 190 valence electrons. The lowest BCUT2D eigenvalue weighted by Gasteiger charge is -2.32. The van der Waals surface area contributed by atoms with Gasteiger partial charge in [0.25, 0.3) is 0 Å². The van der Waals surface area contributed by atoms with Gasteiger partial charge in [-0.15, -0.1) is 0 Å². The van der Waals surface area contributed by atoms with Crippen molar-refractivity contribution in [2.45, 2.75) is 31.2 Å². The molecule has 12 nitrogen and oxygen atoms in total. The number of methoxy groups -OCH3 is 2. The quantitative estimate of drug-likeness (QED) is 0.474. The van der Waals surface area contributed by atoms with Crippen molar-refractivity contribution in [3.63, 3.8) is 0 Å². The number of aliphatic hydroxyl groups excluding tert-OH is 1. The van der Waals surface area contributed by atoms with Crippen molar-refractivity contribution < 1.29 is 34.0 Å². The number of hydrogen-bond acceptors (Lipinski definition) is 10. The van der Waals surface area contributed by atoms with Crippen LogP contribution in [0.25, 0.3) is 11.4 Å². The molecule has 12 heteroatoms. The molecular weight excluding hydrogens is 458 g/mol. The van der Waals surface area contributed by atoms with Crippen LogP contribution in [0.5, 0.6) is 6.01 Å². The Labute approximate surface area is 203 Å².